The standard InChI is InChI=1S/C12H15F2NO2S/c1-7(11(6-16)18-2)15-12(17)8-3-4-9(13)10(14)5-8/h3-5,7,11,16H,6H2,1-2H3,(H,15,17). The van der Waals surface area contributed by atoms with Crippen molar-refractivity contribution in [3.8, 4) is 0 Å². The Morgan fingerprint density at radius 3 is 2.61 bits per heavy atom. The first-order valence-corrected chi connectivity index (χ1v) is 6.68. The van der Waals surface area contributed by atoms with Gasteiger partial charge >= 0.3 is 0 Å². The highest BCUT2D eigenvalue weighted by Crippen LogP contribution is 2.12. The molecule has 1 rings (SSSR count). The fraction of sp³-hybridized carbons (Fsp3) is 0.417. The Hall–Kier alpha value is -1.14. The molecule has 0 aliphatic rings. The average molecular weight is 275 g/mol. The van der Waals surface area contributed by atoms with E-state index in [0.717, 1.165) is 12.1 Å². The summed E-state index contributed by atoms with van der Waals surface area (Å²) in [5.41, 5.74) is 0.0542. The molecule has 0 fully saturated rings. The number of carbonyl (C=O) groups is 1. The van der Waals surface area contributed by atoms with Crippen molar-refractivity contribution in [3.05, 3.63) is 35.4 Å². The number of benzene rings is 1. The molecule has 0 aliphatic carbocycles. The van der Waals surface area contributed by atoms with Gasteiger partial charge in [-0.15, -0.1) is 0 Å². The summed E-state index contributed by atoms with van der Waals surface area (Å²) >= 11 is 1.42. The molecule has 18 heavy (non-hydrogen) atoms. The molecule has 0 saturated heterocycles. The quantitative estimate of drug-likeness (QED) is 0.861. The largest absolute Gasteiger partial charge is 0.395 e. The molecule has 3 nitrogen and oxygen atoms in total. The first kappa shape index (κ1) is 14.9. The highest BCUT2D eigenvalue weighted by molar-refractivity contribution is 7.99. The molecule has 0 heterocycles. The van der Waals surface area contributed by atoms with Crippen molar-refractivity contribution in [2.45, 2.75) is 18.2 Å². The van der Waals surface area contributed by atoms with Crippen molar-refractivity contribution in [1.82, 2.24) is 5.32 Å². The molecule has 1 aromatic carbocycles. The lowest BCUT2D eigenvalue weighted by Gasteiger charge is -2.21. The normalized spacial score (nSPS) is 14.1. The molecule has 0 aromatic heterocycles. The summed E-state index contributed by atoms with van der Waals surface area (Å²) in [6.45, 7) is 1.68. The van der Waals surface area contributed by atoms with Crippen molar-refractivity contribution in [2.75, 3.05) is 12.9 Å². The lowest BCUT2D eigenvalue weighted by atomic mass is 10.1. The minimum absolute atomic E-state index is 0.0542. The van der Waals surface area contributed by atoms with Gasteiger partial charge in [-0.25, -0.2) is 8.78 Å². The Morgan fingerprint density at radius 2 is 2.11 bits per heavy atom. The van der Waals surface area contributed by atoms with Crippen molar-refractivity contribution < 1.29 is 18.7 Å². The molecule has 100 valence electrons. The Morgan fingerprint density at radius 1 is 1.44 bits per heavy atom. The fourth-order valence-electron chi connectivity index (χ4n) is 1.46. The smallest absolute Gasteiger partial charge is 0.251 e. The monoisotopic (exact) mass is 275 g/mol. The van der Waals surface area contributed by atoms with E-state index < -0.39 is 17.5 Å². The molecule has 1 aromatic rings. The zero-order chi connectivity index (χ0) is 13.7. The maximum absolute atomic E-state index is 13.0. The summed E-state index contributed by atoms with van der Waals surface area (Å²) in [5, 5.41) is 11.6. The molecule has 6 heteroatoms. The maximum atomic E-state index is 13.0. The maximum Gasteiger partial charge on any atom is 0.251 e. The minimum atomic E-state index is -1.06. The van der Waals surface area contributed by atoms with Crippen LogP contribution in [0.4, 0.5) is 8.78 Å². The van der Waals surface area contributed by atoms with Crippen LogP contribution in [0.5, 0.6) is 0 Å². The van der Waals surface area contributed by atoms with E-state index in [4.69, 9.17) is 5.11 Å². The molecule has 2 N–H and O–H groups in total. The zero-order valence-corrected chi connectivity index (χ0v) is 10.9. The van der Waals surface area contributed by atoms with E-state index in [1.807, 2.05) is 6.26 Å². The molecule has 0 radical (unpaired) electrons. The van der Waals surface area contributed by atoms with Crippen LogP contribution in [0.3, 0.4) is 0 Å². The number of nitrogens with one attached hydrogen (secondary N) is 1. The Balaban J connectivity index is 2.73. The summed E-state index contributed by atoms with van der Waals surface area (Å²) in [6, 6.07) is 2.70. The first-order chi connectivity index (χ1) is 8.49. The number of rotatable bonds is 5. The van der Waals surface area contributed by atoms with E-state index in [9.17, 15) is 13.6 Å². The predicted molar refractivity (Wildman–Crippen MR) is 67.7 cm³/mol. The second-order valence-corrected chi connectivity index (χ2v) is 4.92. The highest BCUT2D eigenvalue weighted by atomic mass is 32.2. The van der Waals surface area contributed by atoms with Crippen LogP contribution in [0, 0.1) is 11.6 Å². The lowest BCUT2D eigenvalue weighted by Crippen LogP contribution is -2.41. The molecule has 2 atom stereocenters. The van der Waals surface area contributed by atoms with Gasteiger partial charge in [0.25, 0.3) is 5.91 Å². The highest BCUT2D eigenvalue weighted by Gasteiger charge is 2.18. The number of amides is 1. The summed E-state index contributed by atoms with van der Waals surface area (Å²) in [6.07, 6.45) is 1.82. The predicted octanol–water partition coefficient (Wildman–Crippen LogP) is 1.81. The van der Waals surface area contributed by atoms with Gasteiger partial charge in [-0.1, -0.05) is 0 Å². The number of carbonyl (C=O) groups excluding carboxylic acids is 1. The van der Waals surface area contributed by atoms with Crippen LogP contribution in [0.25, 0.3) is 0 Å². The van der Waals surface area contributed by atoms with Gasteiger partial charge in [-0.2, -0.15) is 11.8 Å². The van der Waals surface area contributed by atoms with Crippen LogP contribution >= 0.6 is 11.8 Å². The van der Waals surface area contributed by atoms with Crippen molar-refractivity contribution in [1.29, 1.82) is 0 Å². The van der Waals surface area contributed by atoms with Gasteiger partial charge in [0, 0.05) is 16.9 Å². The number of thioether (sulfide) groups is 1. The van der Waals surface area contributed by atoms with Crippen LogP contribution in [-0.2, 0) is 0 Å². The van der Waals surface area contributed by atoms with E-state index in [1.54, 1.807) is 6.92 Å². The van der Waals surface area contributed by atoms with Crippen molar-refractivity contribution >= 4 is 17.7 Å². The number of halogens is 2. The van der Waals surface area contributed by atoms with Crippen molar-refractivity contribution in [3.63, 3.8) is 0 Å². The van der Waals surface area contributed by atoms with Gasteiger partial charge in [-0.05, 0) is 31.4 Å². The Bertz CT molecular complexity index is 425. The molecule has 1 amide bonds. The zero-order valence-electron chi connectivity index (χ0n) is 10.1. The van der Waals surface area contributed by atoms with Crippen LogP contribution < -0.4 is 5.32 Å². The van der Waals surface area contributed by atoms with Gasteiger partial charge in [0.05, 0.1) is 6.61 Å². The number of hydrogen-bond acceptors (Lipinski definition) is 3. The second kappa shape index (κ2) is 6.70. The summed E-state index contributed by atoms with van der Waals surface area (Å²) < 4.78 is 25.7. The Kier molecular flexibility index (Phi) is 5.55. The first-order valence-electron chi connectivity index (χ1n) is 5.39. The molecule has 0 spiro atoms. The average Bonchev–Trinajstić information content (AvgIpc) is 2.34. The lowest BCUT2D eigenvalue weighted by molar-refractivity contribution is 0.0935. The van der Waals surface area contributed by atoms with Crippen LogP contribution in [0.1, 0.15) is 17.3 Å². The van der Waals surface area contributed by atoms with E-state index in [-0.39, 0.29) is 23.5 Å². The molecular weight excluding hydrogens is 260 g/mol. The topological polar surface area (TPSA) is 49.3 Å². The fourth-order valence-corrected chi connectivity index (χ4v) is 2.08. The van der Waals surface area contributed by atoms with E-state index in [2.05, 4.69) is 5.32 Å². The van der Waals surface area contributed by atoms with Crippen molar-refractivity contribution in [2.24, 2.45) is 0 Å². The summed E-state index contributed by atoms with van der Waals surface area (Å²) in [4.78, 5) is 11.8. The van der Waals surface area contributed by atoms with Gasteiger partial charge in [-0.3, -0.25) is 4.79 Å². The van der Waals surface area contributed by atoms with E-state index >= 15 is 0 Å². The summed E-state index contributed by atoms with van der Waals surface area (Å²) in [5.74, 6) is -2.54. The molecular formula is C12H15F2NO2S. The third-order valence-electron chi connectivity index (χ3n) is 2.58. The second-order valence-electron chi connectivity index (χ2n) is 3.85. The van der Waals surface area contributed by atoms with Gasteiger partial charge < -0.3 is 10.4 Å². The third kappa shape index (κ3) is 3.68. The third-order valence-corrected chi connectivity index (χ3v) is 3.74. The number of hydrogen-bond donors (Lipinski definition) is 2. The number of aliphatic hydroxyl groups excluding tert-OH is 1. The van der Waals surface area contributed by atoms with Gasteiger partial charge in [0.1, 0.15) is 0 Å². The SMILES string of the molecule is CSC(CO)C(C)NC(=O)c1ccc(F)c(F)c1. The molecule has 0 bridgehead atoms. The summed E-state index contributed by atoms with van der Waals surface area (Å²) in [7, 11) is 0. The molecule has 0 saturated carbocycles. The number of aliphatic hydroxyl groups is 1. The van der Waals surface area contributed by atoms with Crippen LogP contribution in [0.2, 0.25) is 0 Å². The molecule has 2 unspecified atom stereocenters. The van der Waals surface area contributed by atoms with Crippen LogP contribution in [0.15, 0.2) is 18.2 Å². The van der Waals surface area contributed by atoms with Gasteiger partial charge in [0.2, 0.25) is 0 Å². The molecule has 0 aliphatic heterocycles. The minimum Gasteiger partial charge on any atom is -0.395 e. The van der Waals surface area contributed by atoms with Crippen LogP contribution in [-0.4, -0.2) is 35.2 Å². The van der Waals surface area contributed by atoms with E-state index in [1.165, 1.54) is 17.8 Å². The van der Waals surface area contributed by atoms with E-state index in [0.29, 0.717) is 0 Å². The van der Waals surface area contributed by atoms with Gasteiger partial charge in [0.15, 0.2) is 11.6 Å². The Labute approximate surface area is 109 Å².